The highest BCUT2D eigenvalue weighted by atomic mass is 32.2. The van der Waals surface area contributed by atoms with Crippen LogP contribution < -0.4 is 10.6 Å². The maximum Gasteiger partial charge on any atom is 0.421 e. The smallest absolute Gasteiger partial charge is 0.372 e. The van der Waals surface area contributed by atoms with E-state index in [1.165, 1.54) is 7.05 Å². The van der Waals surface area contributed by atoms with E-state index in [0.29, 0.717) is 22.8 Å². The molecule has 0 spiro atoms. The van der Waals surface area contributed by atoms with Gasteiger partial charge in [-0.3, -0.25) is 4.68 Å². The lowest BCUT2D eigenvalue weighted by atomic mass is 10.2. The number of nitrogens with zero attached hydrogens (tertiary/aromatic N) is 4. The third-order valence-electron chi connectivity index (χ3n) is 3.94. The standard InChI is InChI=1S/C16H17F3N6O2S/c1-20-14-11(16(17,18)19)9-21-15(24-14)23-12-4-3-5-13-10(12)8-22-25(13)6-7-28(2,26)27/h3-5,8-9H,6-7H2,1-2H3,(H2,20,21,23,24). The number of benzene rings is 1. The predicted octanol–water partition coefficient (Wildman–Crippen LogP) is 2.68. The number of hydrogen-bond donors (Lipinski definition) is 2. The summed E-state index contributed by atoms with van der Waals surface area (Å²) in [5, 5.41) is 10.1. The van der Waals surface area contributed by atoms with Gasteiger partial charge in [-0.05, 0) is 12.1 Å². The molecule has 0 unspecified atom stereocenters. The second-order valence-corrected chi connectivity index (χ2v) is 8.32. The van der Waals surface area contributed by atoms with Crippen molar-refractivity contribution in [3.63, 3.8) is 0 Å². The van der Waals surface area contributed by atoms with Crippen molar-refractivity contribution in [2.45, 2.75) is 12.7 Å². The van der Waals surface area contributed by atoms with Gasteiger partial charge in [-0.2, -0.15) is 23.3 Å². The maximum absolute atomic E-state index is 13.0. The molecule has 0 saturated heterocycles. The molecule has 150 valence electrons. The van der Waals surface area contributed by atoms with Crippen LogP contribution in [0.2, 0.25) is 0 Å². The molecular weight excluding hydrogens is 397 g/mol. The third-order valence-corrected chi connectivity index (χ3v) is 4.86. The van der Waals surface area contributed by atoms with Crippen molar-refractivity contribution in [1.82, 2.24) is 19.7 Å². The largest absolute Gasteiger partial charge is 0.421 e. The van der Waals surface area contributed by atoms with Gasteiger partial charge >= 0.3 is 6.18 Å². The number of rotatable bonds is 6. The molecule has 2 heterocycles. The summed E-state index contributed by atoms with van der Waals surface area (Å²) in [5.41, 5.74) is 0.242. The Balaban J connectivity index is 1.92. The fourth-order valence-electron chi connectivity index (χ4n) is 2.60. The van der Waals surface area contributed by atoms with E-state index in [4.69, 9.17) is 0 Å². The zero-order valence-corrected chi connectivity index (χ0v) is 15.8. The van der Waals surface area contributed by atoms with Crippen molar-refractivity contribution in [2.75, 3.05) is 29.7 Å². The Hall–Kier alpha value is -2.89. The zero-order chi connectivity index (χ0) is 20.5. The summed E-state index contributed by atoms with van der Waals surface area (Å²) >= 11 is 0. The minimum absolute atomic E-state index is 0.0197. The monoisotopic (exact) mass is 414 g/mol. The molecule has 0 bridgehead atoms. The van der Waals surface area contributed by atoms with Crippen molar-refractivity contribution in [3.05, 3.63) is 36.2 Å². The van der Waals surface area contributed by atoms with Gasteiger partial charge in [0.1, 0.15) is 21.2 Å². The molecule has 0 aliphatic heterocycles. The highest BCUT2D eigenvalue weighted by Gasteiger charge is 2.35. The van der Waals surface area contributed by atoms with Crippen LogP contribution in [0.1, 0.15) is 5.56 Å². The first-order valence-electron chi connectivity index (χ1n) is 8.10. The molecule has 2 N–H and O–H groups in total. The van der Waals surface area contributed by atoms with Crippen molar-refractivity contribution in [1.29, 1.82) is 0 Å². The average Bonchev–Trinajstić information content (AvgIpc) is 3.02. The first-order valence-corrected chi connectivity index (χ1v) is 10.2. The number of fused-ring (bicyclic) bond motifs is 1. The number of alkyl halides is 3. The van der Waals surface area contributed by atoms with Gasteiger partial charge in [0.15, 0.2) is 0 Å². The Bertz CT molecular complexity index is 1110. The number of aryl methyl sites for hydroxylation is 1. The van der Waals surface area contributed by atoms with Gasteiger partial charge in [0.25, 0.3) is 0 Å². The number of anilines is 3. The minimum Gasteiger partial charge on any atom is -0.372 e. The Labute approximate surface area is 158 Å². The minimum atomic E-state index is -4.57. The van der Waals surface area contributed by atoms with Crippen LogP contribution in [0.3, 0.4) is 0 Å². The van der Waals surface area contributed by atoms with Crippen LogP contribution in [0.5, 0.6) is 0 Å². The Morgan fingerprint density at radius 1 is 1.21 bits per heavy atom. The van der Waals surface area contributed by atoms with E-state index >= 15 is 0 Å². The summed E-state index contributed by atoms with van der Waals surface area (Å²) in [6.45, 7) is 0.187. The van der Waals surface area contributed by atoms with E-state index in [1.54, 1.807) is 29.1 Å². The molecule has 0 aliphatic carbocycles. The van der Waals surface area contributed by atoms with E-state index in [9.17, 15) is 21.6 Å². The van der Waals surface area contributed by atoms with Crippen LogP contribution >= 0.6 is 0 Å². The number of hydrogen-bond acceptors (Lipinski definition) is 7. The van der Waals surface area contributed by atoms with Crippen molar-refractivity contribution in [2.24, 2.45) is 0 Å². The predicted molar refractivity (Wildman–Crippen MR) is 99.3 cm³/mol. The van der Waals surface area contributed by atoms with Gasteiger partial charge in [-0.1, -0.05) is 6.07 Å². The molecular formula is C16H17F3N6O2S. The lowest BCUT2D eigenvalue weighted by Crippen LogP contribution is -2.12. The highest BCUT2D eigenvalue weighted by Crippen LogP contribution is 2.34. The van der Waals surface area contributed by atoms with Gasteiger partial charge in [0.05, 0.1) is 29.7 Å². The topological polar surface area (TPSA) is 102 Å². The molecule has 8 nitrogen and oxygen atoms in total. The molecule has 0 radical (unpaired) electrons. The molecule has 1 aromatic carbocycles. The first kappa shape index (κ1) is 19.9. The van der Waals surface area contributed by atoms with Crippen molar-refractivity contribution >= 4 is 38.2 Å². The molecule has 2 aromatic heterocycles. The van der Waals surface area contributed by atoms with E-state index in [0.717, 1.165) is 6.26 Å². The van der Waals surface area contributed by atoms with Crippen molar-refractivity contribution < 1.29 is 21.6 Å². The van der Waals surface area contributed by atoms with Gasteiger partial charge < -0.3 is 10.6 Å². The fourth-order valence-corrected chi connectivity index (χ4v) is 3.11. The van der Waals surface area contributed by atoms with Gasteiger partial charge in [0, 0.05) is 24.9 Å². The lowest BCUT2D eigenvalue weighted by molar-refractivity contribution is -0.137. The Kier molecular flexibility index (Phi) is 5.15. The van der Waals surface area contributed by atoms with Crippen LogP contribution in [0, 0.1) is 0 Å². The summed E-state index contributed by atoms with van der Waals surface area (Å²) in [7, 11) is -1.81. The number of nitrogens with one attached hydrogen (secondary N) is 2. The summed E-state index contributed by atoms with van der Waals surface area (Å²) in [6, 6.07) is 5.18. The zero-order valence-electron chi connectivity index (χ0n) is 14.9. The second-order valence-electron chi connectivity index (χ2n) is 6.06. The first-order chi connectivity index (χ1) is 13.1. The Morgan fingerprint density at radius 3 is 2.61 bits per heavy atom. The summed E-state index contributed by atoms with van der Waals surface area (Å²) < 4.78 is 63.2. The summed E-state index contributed by atoms with van der Waals surface area (Å²) in [6.07, 6.45) is -1.18. The molecule has 0 saturated carbocycles. The van der Waals surface area contributed by atoms with Crippen LogP contribution in [-0.2, 0) is 22.6 Å². The highest BCUT2D eigenvalue weighted by molar-refractivity contribution is 7.90. The lowest BCUT2D eigenvalue weighted by Gasteiger charge is -2.13. The Morgan fingerprint density at radius 2 is 1.96 bits per heavy atom. The van der Waals surface area contributed by atoms with Crippen molar-refractivity contribution in [3.8, 4) is 0 Å². The van der Waals surface area contributed by atoms with E-state index in [2.05, 4.69) is 25.7 Å². The average molecular weight is 414 g/mol. The summed E-state index contributed by atoms with van der Waals surface area (Å²) in [5.74, 6) is -0.426. The van der Waals surface area contributed by atoms with Crippen LogP contribution in [-0.4, -0.2) is 47.2 Å². The normalized spacial score (nSPS) is 12.3. The molecule has 3 aromatic rings. The van der Waals surface area contributed by atoms with Crippen LogP contribution in [0.25, 0.3) is 10.9 Å². The van der Waals surface area contributed by atoms with Gasteiger partial charge in [0.2, 0.25) is 5.95 Å². The number of sulfone groups is 1. The molecule has 0 amide bonds. The molecule has 28 heavy (non-hydrogen) atoms. The number of halogens is 3. The number of aromatic nitrogens is 4. The molecule has 3 rings (SSSR count). The molecule has 0 fully saturated rings. The third kappa shape index (κ3) is 4.32. The second kappa shape index (κ2) is 7.26. The quantitative estimate of drug-likeness (QED) is 0.639. The van der Waals surface area contributed by atoms with E-state index in [-0.39, 0.29) is 24.1 Å². The molecule has 12 heteroatoms. The SMILES string of the molecule is CNc1nc(Nc2cccc3c2cnn3CCS(C)(=O)=O)ncc1C(F)(F)F. The van der Waals surface area contributed by atoms with E-state index in [1.807, 2.05) is 0 Å². The fraction of sp³-hybridized carbons (Fsp3) is 0.312. The maximum atomic E-state index is 13.0. The van der Waals surface area contributed by atoms with Gasteiger partial charge in [-0.15, -0.1) is 0 Å². The van der Waals surface area contributed by atoms with Crippen LogP contribution in [0.4, 0.5) is 30.6 Å². The van der Waals surface area contributed by atoms with Gasteiger partial charge in [-0.25, -0.2) is 13.4 Å². The molecule has 0 atom stereocenters. The molecule has 0 aliphatic rings. The van der Waals surface area contributed by atoms with E-state index < -0.39 is 21.6 Å². The van der Waals surface area contributed by atoms with Crippen LogP contribution in [0.15, 0.2) is 30.6 Å². The summed E-state index contributed by atoms with van der Waals surface area (Å²) in [4.78, 5) is 7.62.